The lowest BCUT2D eigenvalue weighted by Crippen LogP contribution is -2.41. The van der Waals surface area contributed by atoms with Gasteiger partial charge in [0.15, 0.2) is 16.5 Å². The Hall–Kier alpha value is -3.02. The van der Waals surface area contributed by atoms with Crippen molar-refractivity contribution in [1.29, 1.82) is 0 Å². The fourth-order valence-corrected chi connectivity index (χ4v) is 5.30. The summed E-state index contributed by atoms with van der Waals surface area (Å²) in [6, 6.07) is 4.24. The second kappa shape index (κ2) is 8.89. The van der Waals surface area contributed by atoms with E-state index in [9.17, 15) is 18.3 Å². The highest BCUT2D eigenvalue weighted by atomic mass is 35.5. The van der Waals surface area contributed by atoms with Gasteiger partial charge in [0.05, 0.1) is 12.2 Å². The summed E-state index contributed by atoms with van der Waals surface area (Å²) in [6.45, 7) is 0.349. The Morgan fingerprint density at radius 2 is 2.11 bits per heavy atom. The third-order valence-electron chi connectivity index (χ3n) is 6.02. The molecule has 0 aliphatic carbocycles. The van der Waals surface area contributed by atoms with Crippen LogP contribution >= 0.6 is 22.9 Å². The van der Waals surface area contributed by atoms with Gasteiger partial charge in [-0.25, -0.2) is 18.4 Å². The number of hydrogen-bond donors (Lipinski definition) is 1. The van der Waals surface area contributed by atoms with Crippen LogP contribution in [0.1, 0.15) is 35.3 Å². The van der Waals surface area contributed by atoms with Crippen LogP contribution in [0.25, 0.3) is 5.57 Å². The number of aliphatic hydroxyl groups is 1. The summed E-state index contributed by atoms with van der Waals surface area (Å²) in [4.78, 5) is 10.7. The monoisotopic (exact) mass is 523 g/mol. The number of alkyl halides is 3. The Kier molecular flexibility index (Phi) is 6.02. The maximum atomic E-state index is 16.0. The number of nitrogens with zero attached hydrogens (tertiary/aromatic N) is 5. The van der Waals surface area contributed by atoms with Gasteiger partial charge >= 0.3 is 6.55 Å². The first-order valence-corrected chi connectivity index (χ1v) is 11.7. The van der Waals surface area contributed by atoms with E-state index in [-0.39, 0.29) is 23.7 Å². The van der Waals surface area contributed by atoms with Crippen molar-refractivity contribution in [2.75, 3.05) is 6.54 Å². The number of thiazole rings is 1. The fraction of sp³-hybridized carbons (Fsp3) is 0.261. The number of hydrogen-bond acceptors (Lipinski definition) is 6. The number of benzene rings is 1. The molecule has 0 amide bonds. The Morgan fingerprint density at radius 1 is 1.31 bits per heavy atom. The van der Waals surface area contributed by atoms with Crippen molar-refractivity contribution in [1.82, 2.24) is 19.7 Å². The normalized spacial score (nSPS) is 23.0. The summed E-state index contributed by atoms with van der Waals surface area (Å²) >= 11 is 7.66. The Balaban J connectivity index is 1.76. The van der Waals surface area contributed by atoms with Crippen molar-refractivity contribution in [3.63, 3.8) is 0 Å². The van der Waals surface area contributed by atoms with Gasteiger partial charge in [-0.1, -0.05) is 23.7 Å². The zero-order valence-electron chi connectivity index (χ0n) is 18.0. The summed E-state index contributed by atoms with van der Waals surface area (Å²) in [7, 11) is 0. The summed E-state index contributed by atoms with van der Waals surface area (Å²) in [6.07, 6.45) is 2.03. The molecule has 0 spiro atoms. The Bertz CT molecular complexity index is 1340. The minimum absolute atomic E-state index is 0.0627. The van der Waals surface area contributed by atoms with Crippen LogP contribution in [0.2, 0.25) is 5.02 Å². The van der Waals surface area contributed by atoms with E-state index in [4.69, 9.17) is 16.6 Å². The van der Waals surface area contributed by atoms with E-state index in [0.717, 1.165) is 18.3 Å². The van der Waals surface area contributed by atoms with Crippen molar-refractivity contribution < 1.29 is 22.7 Å². The minimum Gasteiger partial charge on any atom is -0.386 e. The summed E-state index contributed by atoms with van der Waals surface area (Å²) in [5, 5.41) is 16.7. The van der Waals surface area contributed by atoms with Crippen LogP contribution in [-0.4, -0.2) is 48.9 Å². The Morgan fingerprint density at radius 3 is 2.74 bits per heavy atom. The van der Waals surface area contributed by atoms with Crippen LogP contribution < -0.4 is 0 Å². The second-order valence-corrected chi connectivity index (χ2v) is 9.46. The van der Waals surface area contributed by atoms with Crippen molar-refractivity contribution in [2.45, 2.75) is 30.8 Å². The number of aliphatic hydroxyl groups excluding tert-OH is 1. The molecule has 0 saturated carbocycles. The molecule has 2 aliphatic heterocycles. The van der Waals surface area contributed by atoms with E-state index >= 15 is 4.39 Å². The number of halogens is 5. The maximum Gasteiger partial charge on any atom is 0.333 e. The van der Waals surface area contributed by atoms with Gasteiger partial charge in [-0.15, -0.1) is 17.9 Å². The molecule has 1 N–H and O–H groups in total. The molecule has 2 aliphatic rings. The zero-order valence-corrected chi connectivity index (χ0v) is 19.5. The predicted molar refractivity (Wildman–Crippen MR) is 125 cm³/mol. The summed E-state index contributed by atoms with van der Waals surface area (Å²) in [5.41, 5.74) is -0.897. The van der Waals surface area contributed by atoms with E-state index in [0.29, 0.717) is 32.4 Å². The molecule has 1 fully saturated rings. The molecule has 3 aromatic rings. The third kappa shape index (κ3) is 4.07. The number of rotatable bonds is 6. The molecular weight excluding hydrogens is 506 g/mol. The summed E-state index contributed by atoms with van der Waals surface area (Å²) < 4.78 is 57.0. The molecule has 1 saturated heterocycles. The van der Waals surface area contributed by atoms with Crippen LogP contribution in [0.5, 0.6) is 0 Å². The molecule has 12 heteroatoms. The van der Waals surface area contributed by atoms with Gasteiger partial charge in [0.2, 0.25) is 0 Å². The first kappa shape index (κ1) is 23.7. The third-order valence-corrected chi connectivity index (χ3v) is 7.11. The number of allylic oxidation sites excluding steroid dienone is 1. The lowest BCUT2D eigenvalue weighted by Gasteiger charge is -2.32. The van der Waals surface area contributed by atoms with Crippen molar-refractivity contribution in [3.05, 3.63) is 87.5 Å². The second-order valence-electron chi connectivity index (χ2n) is 8.16. The van der Waals surface area contributed by atoms with Gasteiger partial charge < -0.3 is 10.0 Å². The number of fused-ring (bicyclic) bond motifs is 1. The van der Waals surface area contributed by atoms with Crippen molar-refractivity contribution in [2.24, 2.45) is 4.99 Å². The van der Waals surface area contributed by atoms with Gasteiger partial charge in [-0.2, -0.15) is 13.9 Å². The molecule has 182 valence electrons. The summed E-state index contributed by atoms with van der Waals surface area (Å²) in [5.74, 6) is -0.234. The van der Waals surface area contributed by atoms with Gasteiger partial charge in [0, 0.05) is 46.1 Å². The topological polar surface area (TPSA) is 66.5 Å². The standard InChI is InChI=1S/C23H18ClF4N5OS/c1-2-17(34)23(28)10-16-18(15-5-7-33(31-15)22(26)27)19(13-4-3-12(25)9-14(13)24)30-20(32(16)11-23)21-29-6-8-35-21/h2-9,17,19,22,34H,1,10-11H2/t17?,19-,23?/m0/s1. The molecule has 3 atom stereocenters. The van der Waals surface area contributed by atoms with Crippen LogP contribution in [0.3, 0.4) is 0 Å². The lowest BCUT2D eigenvalue weighted by molar-refractivity contribution is 0.0331. The quantitative estimate of drug-likeness (QED) is 0.347. The molecule has 2 aromatic heterocycles. The number of amidine groups is 1. The lowest BCUT2D eigenvalue weighted by atomic mass is 9.90. The highest BCUT2D eigenvalue weighted by molar-refractivity contribution is 7.11. The molecule has 2 unspecified atom stereocenters. The average Bonchev–Trinajstić information content (AvgIpc) is 3.57. The van der Waals surface area contributed by atoms with Crippen LogP contribution in [0.15, 0.2) is 65.4 Å². The zero-order chi connectivity index (χ0) is 24.9. The molecule has 5 rings (SSSR count). The molecule has 35 heavy (non-hydrogen) atoms. The fourth-order valence-electron chi connectivity index (χ4n) is 4.39. The minimum atomic E-state index is -2.89. The van der Waals surface area contributed by atoms with Gasteiger partial charge in [-0.3, -0.25) is 4.99 Å². The molecule has 0 bridgehead atoms. The molecule has 1 aromatic carbocycles. The van der Waals surface area contributed by atoms with E-state index < -0.39 is 30.2 Å². The van der Waals surface area contributed by atoms with E-state index in [1.54, 1.807) is 16.5 Å². The van der Waals surface area contributed by atoms with Gasteiger partial charge in [0.1, 0.15) is 18.0 Å². The average molecular weight is 524 g/mol. The first-order chi connectivity index (χ1) is 16.7. The number of aliphatic imine (C=N–C) groups is 1. The number of aromatic nitrogens is 3. The van der Waals surface area contributed by atoms with Crippen LogP contribution in [0.4, 0.5) is 17.6 Å². The van der Waals surface area contributed by atoms with Gasteiger partial charge in [0.25, 0.3) is 0 Å². The largest absolute Gasteiger partial charge is 0.386 e. The Labute approximate surface area is 206 Å². The smallest absolute Gasteiger partial charge is 0.333 e. The van der Waals surface area contributed by atoms with Crippen LogP contribution in [0, 0.1) is 5.82 Å². The van der Waals surface area contributed by atoms with E-state index in [1.165, 1.54) is 29.5 Å². The first-order valence-electron chi connectivity index (χ1n) is 10.5. The molecular formula is C23H18ClF4N5OS. The predicted octanol–water partition coefficient (Wildman–Crippen LogP) is 5.40. The maximum absolute atomic E-state index is 16.0. The molecule has 4 heterocycles. The van der Waals surface area contributed by atoms with Crippen molar-refractivity contribution >= 4 is 34.3 Å². The van der Waals surface area contributed by atoms with Gasteiger partial charge in [-0.05, 0) is 18.2 Å². The molecule has 0 radical (unpaired) electrons. The van der Waals surface area contributed by atoms with Crippen molar-refractivity contribution in [3.8, 4) is 0 Å². The molecule has 6 nitrogen and oxygen atoms in total. The highest BCUT2D eigenvalue weighted by Gasteiger charge is 2.51. The SMILES string of the molecule is C=CC(O)C1(F)CC2=C(c3ccn(C(F)F)n3)[C@H](c3ccc(F)cc3Cl)N=C(c3nccs3)N2C1. The van der Waals surface area contributed by atoms with Crippen LogP contribution in [-0.2, 0) is 0 Å². The van der Waals surface area contributed by atoms with E-state index in [2.05, 4.69) is 16.7 Å². The van der Waals surface area contributed by atoms with E-state index in [1.807, 2.05) is 0 Å². The highest BCUT2D eigenvalue weighted by Crippen LogP contribution is 2.49.